The number of amides is 1. The topological polar surface area (TPSA) is 82.2 Å². The lowest BCUT2D eigenvalue weighted by atomic mass is 10.2. The molecule has 15 heavy (non-hydrogen) atoms. The summed E-state index contributed by atoms with van der Waals surface area (Å²) in [6.45, 7) is 2.02. The Hall–Kier alpha value is -1.62. The summed E-state index contributed by atoms with van der Waals surface area (Å²) >= 11 is 0. The number of rotatable bonds is 4. The summed E-state index contributed by atoms with van der Waals surface area (Å²) in [6, 6.07) is 2.72. The molecule has 0 aliphatic carbocycles. The van der Waals surface area contributed by atoms with E-state index in [0.29, 0.717) is 12.0 Å². The van der Waals surface area contributed by atoms with Gasteiger partial charge in [-0.1, -0.05) is 6.92 Å². The van der Waals surface area contributed by atoms with Gasteiger partial charge in [-0.3, -0.25) is 9.59 Å². The van der Waals surface area contributed by atoms with Crippen LogP contribution in [-0.4, -0.2) is 28.6 Å². The number of carbonyl (C=O) groups is 1. The molecule has 0 fully saturated rings. The first-order valence-electron chi connectivity index (χ1n) is 4.78. The Morgan fingerprint density at radius 1 is 1.67 bits per heavy atom. The minimum Gasteiger partial charge on any atom is -0.391 e. The lowest BCUT2D eigenvalue weighted by molar-refractivity contribution is 0.0913. The van der Waals surface area contributed by atoms with Crippen LogP contribution in [0.25, 0.3) is 0 Å². The zero-order valence-corrected chi connectivity index (χ0v) is 8.49. The second-order valence-corrected chi connectivity index (χ2v) is 3.21. The lowest BCUT2D eigenvalue weighted by Gasteiger charge is -2.08. The summed E-state index contributed by atoms with van der Waals surface area (Å²) in [5.41, 5.74) is -0.0271. The number of aliphatic hydroxyl groups excluding tert-OH is 1. The Bertz CT molecular complexity index is 386. The molecule has 0 saturated heterocycles. The van der Waals surface area contributed by atoms with Crippen molar-refractivity contribution in [3.8, 4) is 0 Å². The van der Waals surface area contributed by atoms with Crippen molar-refractivity contribution in [3.05, 3.63) is 34.2 Å². The molecule has 0 bridgehead atoms. The number of aliphatic hydroxyl groups is 1. The molecule has 1 aromatic heterocycles. The Labute approximate surface area is 87.1 Å². The maximum Gasteiger partial charge on any atom is 0.251 e. The van der Waals surface area contributed by atoms with E-state index in [2.05, 4.69) is 10.3 Å². The number of carbonyl (C=O) groups excluding carboxylic acids is 1. The molecule has 0 saturated carbocycles. The average molecular weight is 210 g/mol. The van der Waals surface area contributed by atoms with Crippen molar-refractivity contribution >= 4 is 5.91 Å². The van der Waals surface area contributed by atoms with Gasteiger partial charge in [0.05, 0.1) is 6.10 Å². The van der Waals surface area contributed by atoms with E-state index in [4.69, 9.17) is 0 Å². The maximum absolute atomic E-state index is 11.4. The molecular weight excluding hydrogens is 196 g/mol. The highest BCUT2D eigenvalue weighted by atomic mass is 16.3. The van der Waals surface area contributed by atoms with Gasteiger partial charge in [-0.05, 0) is 12.5 Å². The quantitative estimate of drug-likeness (QED) is 0.647. The van der Waals surface area contributed by atoms with Gasteiger partial charge in [-0.25, -0.2) is 0 Å². The number of aromatic amines is 1. The standard InChI is InChI=1S/C10H14N2O3/c1-2-8(13)6-12-10(15)7-3-4-11-9(14)5-7/h3-5,8,13H,2,6H2,1H3,(H,11,14)(H,12,15). The first-order chi connectivity index (χ1) is 7.13. The molecular formula is C10H14N2O3. The fraction of sp³-hybridized carbons (Fsp3) is 0.400. The van der Waals surface area contributed by atoms with E-state index in [9.17, 15) is 14.7 Å². The number of H-pyrrole nitrogens is 1. The van der Waals surface area contributed by atoms with Gasteiger partial charge in [-0.2, -0.15) is 0 Å². The normalized spacial score (nSPS) is 12.1. The van der Waals surface area contributed by atoms with Crippen molar-refractivity contribution in [2.24, 2.45) is 0 Å². The van der Waals surface area contributed by atoms with Crippen LogP contribution in [-0.2, 0) is 0 Å². The summed E-state index contributed by atoms with van der Waals surface area (Å²) in [5.74, 6) is -0.353. The van der Waals surface area contributed by atoms with Crippen molar-refractivity contribution in [2.75, 3.05) is 6.54 Å². The third kappa shape index (κ3) is 3.55. The third-order valence-electron chi connectivity index (χ3n) is 2.01. The van der Waals surface area contributed by atoms with E-state index in [1.165, 1.54) is 18.3 Å². The van der Waals surface area contributed by atoms with Crippen molar-refractivity contribution in [1.29, 1.82) is 0 Å². The van der Waals surface area contributed by atoms with Crippen LogP contribution >= 0.6 is 0 Å². The van der Waals surface area contributed by atoms with E-state index in [1.807, 2.05) is 6.92 Å². The van der Waals surface area contributed by atoms with Crippen LogP contribution in [0.1, 0.15) is 23.7 Å². The minimum atomic E-state index is -0.545. The summed E-state index contributed by atoms with van der Waals surface area (Å²) in [6.07, 6.45) is 1.44. The van der Waals surface area contributed by atoms with E-state index in [0.717, 1.165) is 0 Å². The van der Waals surface area contributed by atoms with E-state index >= 15 is 0 Å². The van der Waals surface area contributed by atoms with Crippen LogP contribution in [0.4, 0.5) is 0 Å². The number of pyridine rings is 1. The van der Waals surface area contributed by atoms with Gasteiger partial charge >= 0.3 is 0 Å². The number of nitrogens with one attached hydrogen (secondary N) is 2. The van der Waals surface area contributed by atoms with Crippen molar-refractivity contribution in [3.63, 3.8) is 0 Å². The zero-order valence-electron chi connectivity index (χ0n) is 8.49. The van der Waals surface area contributed by atoms with Crippen LogP contribution in [0.15, 0.2) is 23.1 Å². The van der Waals surface area contributed by atoms with E-state index < -0.39 is 6.10 Å². The molecule has 1 heterocycles. The highest BCUT2D eigenvalue weighted by Gasteiger charge is 2.07. The van der Waals surface area contributed by atoms with Crippen LogP contribution in [0, 0.1) is 0 Å². The highest BCUT2D eigenvalue weighted by Crippen LogP contribution is 1.93. The predicted molar refractivity (Wildman–Crippen MR) is 55.7 cm³/mol. The summed E-state index contributed by atoms with van der Waals surface area (Å²) in [7, 11) is 0. The Kier molecular flexibility index (Phi) is 4.05. The molecule has 0 aliphatic heterocycles. The fourth-order valence-corrected chi connectivity index (χ4v) is 1.04. The predicted octanol–water partition coefficient (Wildman–Crippen LogP) is -0.124. The van der Waals surface area contributed by atoms with Gasteiger partial charge in [0, 0.05) is 24.4 Å². The molecule has 1 rings (SSSR count). The Morgan fingerprint density at radius 3 is 3.00 bits per heavy atom. The van der Waals surface area contributed by atoms with Crippen LogP contribution in [0.5, 0.6) is 0 Å². The molecule has 1 atom stereocenters. The van der Waals surface area contributed by atoms with Crippen LogP contribution < -0.4 is 10.9 Å². The summed E-state index contributed by atoms with van der Waals surface area (Å²) in [5, 5.41) is 11.8. The maximum atomic E-state index is 11.4. The van der Waals surface area contributed by atoms with Gasteiger partial charge in [0.15, 0.2) is 0 Å². The zero-order chi connectivity index (χ0) is 11.3. The fourth-order valence-electron chi connectivity index (χ4n) is 1.04. The summed E-state index contributed by atoms with van der Waals surface area (Å²) in [4.78, 5) is 24.8. The first-order valence-corrected chi connectivity index (χ1v) is 4.78. The minimum absolute atomic E-state index is 0.197. The van der Waals surface area contributed by atoms with E-state index in [-0.39, 0.29) is 18.0 Å². The van der Waals surface area contributed by atoms with Crippen molar-refractivity contribution < 1.29 is 9.90 Å². The SMILES string of the molecule is CCC(O)CNC(=O)c1cc[nH]c(=O)c1. The molecule has 3 N–H and O–H groups in total. The van der Waals surface area contributed by atoms with Gasteiger partial charge in [0.1, 0.15) is 0 Å². The van der Waals surface area contributed by atoms with Gasteiger partial charge in [-0.15, -0.1) is 0 Å². The molecule has 1 amide bonds. The monoisotopic (exact) mass is 210 g/mol. The Morgan fingerprint density at radius 2 is 2.40 bits per heavy atom. The van der Waals surface area contributed by atoms with Crippen LogP contribution in [0.2, 0.25) is 0 Å². The third-order valence-corrected chi connectivity index (χ3v) is 2.01. The second kappa shape index (κ2) is 5.31. The number of hydrogen-bond acceptors (Lipinski definition) is 3. The average Bonchev–Trinajstić information content (AvgIpc) is 2.25. The van der Waals surface area contributed by atoms with Crippen molar-refractivity contribution in [2.45, 2.75) is 19.4 Å². The molecule has 5 nitrogen and oxygen atoms in total. The molecule has 1 unspecified atom stereocenters. The molecule has 0 aliphatic rings. The smallest absolute Gasteiger partial charge is 0.251 e. The molecule has 82 valence electrons. The summed E-state index contributed by atoms with van der Waals surface area (Å²) < 4.78 is 0. The van der Waals surface area contributed by atoms with Crippen molar-refractivity contribution in [1.82, 2.24) is 10.3 Å². The molecule has 5 heteroatoms. The Balaban J connectivity index is 2.58. The van der Waals surface area contributed by atoms with E-state index in [1.54, 1.807) is 0 Å². The largest absolute Gasteiger partial charge is 0.391 e. The first kappa shape index (κ1) is 11.5. The number of hydrogen-bond donors (Lipinski definition) is 3. The van der Waals surface area contributed by atoms with Crippen LogP contribution in [0.3, 0.4) is 0 Å². The molecule has 1 aromatic rings. The number of aromatic nitrogens is 1. The second-order valence-electron chi connectivity index (χ2n) is 3.21. The van der Waals surface area contributed by atoms with Gasteiger partial charge in [0.25, 0.3) is 5.91 Å². The molecule has 0 spiro atoms. The molecule has 0 radical (unpaired) electrons. The van der Waals surface area contributed by atoms with Gasteiger partial charge in [0.2, 0.25) is 5.56 Å². The molecule has 0 aromatic carbocycles. The van der Waals surface area contributed by atoms with Gasteiger partial charge < -0.3 is 15.4 Å². The lowest BCUT2D eigenvalue weighted by Crippen LogP contribution is -2.32. The highest BCUT2D eigenvalue weighted by molar-refractivity contribution is 5.93.